The van der Waals surface area contributed by atoms with Gasteiger partial charge in [-0.1, -0.05) is 0 Å². The molecule has 0 radical (unpaired) electrons. The lowest BCUT2D eigenvalue weighted by Gasteiger charge is -2.34. The second kappa shape index (κ2) is 8.05. The van der Waals surface area contributed by atoms with Gasteiger partial charge >= 0.3 is 6.03 Å². The van der Waals surface area contributed by atoms with Gasteiger partial charge in [0.1, 0.15) is 0 Å². The van der Waals surface area contributed by atoms with E-state index in [1.807, 2.05) is 0 Å². The highest BCUT2D eigenvalue weighted by Crippen LogP contribution is 2.28. The molecule has 138 valence electrons. The lowest BCUT2D eigenvalue weighted by atomic mass is 10.1. The van der Waals surface area contributed by atoms with Crippen molar-refractivity contribution in [2.24, 2.45) is 0 Å². The summed E-state index contributed by atoms with van der Waals surface area (Å²) >= 11 is 1.37. The van der Waals surface area contributed by atoms with Crippen LogP contribution in [0.4, 0.5) is 9.93 Å². The molecule has 0 spiro atoms. The number of nitrogens with one attached hydrogen (secondary N) is 1. The molecular formula is C17H20N4O4S. The highest BCUT2D eigenvalue weighted by atomic mass is 32.1. The Balaban J connectivity index is 1.59. The molecule has 1 fully saturated rings. The Kier molecular flexibility index (Phi) is 5.57. The minimum atomic E-state index is -0.196. The van der Waals surface area contributed by atoms with Crippen LogP contribution in [0.2, 0.25) is 0 Å². The number of nitrogens with zero attached hydrogens (tertiary/aromatic N) is 3. The third kappa shape index (κ3) is 3.88. The number of rotatable bonds is 4. The van der Waals surface area contributed by atoms with E-state index in [4.69, 9.17) is 9.47 Å². The van der Waals surface area contributed by atoms with Crippen molar-refractivity contribution in [2.75, 3.05) is 45.7 Å². The fourth-order valence-corrected chi connectivity index (χ4v) is 3.24. The number of ether oxygens (including phenoxy) is 2. The number of piperazine rings is 1. The first kappa shape index (κ1) is 18.0. The number of hydrogen-bond acceptors (Lipinski definition) is 6. The Labute approximate surface area is 155 Å². The van der Waals surface area contributed by atoms with E-state index in [1.165, 1.54) is 18.4 Å². The Hall–Kier alpha value is -2.81. The molecule has 1 N–H and O–H groups in total. The van der Waals surface area contributed by atoms with Crippen molar-refractivity contribution < 1.29 is 19.1 Å². The molecule has 1 aliphatic rings. The van der Waals surface area contributed by atoms with E-state index in [-0.39, 0.29) is 11.9 Å². The lowest BCUT2D eigenvalue weighted by molar-refractivity contribution is 0.0671. The van der Waals surface area contributed by atoms with Crippen LogP contribution in [0.25, 0.3) is 0 Å². The summed E-state index contributed by atoms with van der Waals surface area (Å²) in [5.74, 6) is 0.999. The van der Waals surface area contributed by atoms with Crippen LogP contribution in [-0.2, 0) is 0 Å². The summed E-state index contributed by atoms with van der Waals surface area (Å²) in [5.41, 5.74) is 0.531. The summed E-state index contributed by atoms with van der Waals surface area (Å²) < 4.78 is 10.4. The SMILES string of the molecule is COc1ccc(C(=O)N2CCN(C(=O)Nc3nccs3)CC2)cc1OC. The largest absolute Gasteiger partial charge is 0.493 e. The fraction of sp³-hybridized carbons (Fsp3) is 0.353. The van der Waals surface area contributed by atoms with Crippen LogP contribution in [0.3, 0.4) is 0 Å². The number of carbonyl (C=O) groups excluding carboxylic acids is 2. The molecule has 0 bridgehead atoms. The number of thiazole rings is 1. The molecule has 0 unspecified atom stereocenters. The molecule has 3 rings (SSSR count). The number of anilines is 1. The number of urea groups is 1. The second-order valence-electron chi connectivity index (χ2n) is 5.62. The van der Waals surface area contributed by atoms with Gasteiger partial charge in [0.15, 0.2) is 16.6 Å². The third-order valence-electron chi connectivity index (χ3n) is 4.13. The van der Waals surface area contributed by atoms with Gasteiger partial charge in [0.05, 0.1) is 14.2 Å². The monoisotopic (exact) mass is 376 g/mol. The standard InChI is InChI=1S/C17H20N4O4S/c1-24-13-4-3-12(11-14(13)25-2)15(22)20-6-8-21(9-7-20)17(23)19-16-18-5-10-26-16/h3-5,10-11H,6-9H2,1-2H3,(H,18,19,23). The van der Waals surface area contributed by atoms with Crippen molar-refractivity contribution in [2.45, 2.75) is 0 Å². The average Bonchev–Trinajstić information content (AvgIpc) is 3.20. The molecule has 3 amide bonds. The maximum atomic E-state index is 12.7. The summed E-state index contributed by atoms with van der Waals surface area (Å²) in [4.78, 5) is 32.4. The van der Waals surface area contributed by atoms with E-state index in [1.54, 1.807) is 46.7 Å². The number of amides is 3. The van der Waals surface area contributed by atoms with E-state index in [0.717, 1.165) is 0 Å². The Bertz CT molecular complexity index is 773. The number of carbonyl (C=O) groups is 2. The summed E-state index contributed by atoms with van der Waals surface area (Å²) in [5, 5.41) is 5.12. The number of aromatic nitrogens is 1. The third-order valence-corrected chi connectivity index (χ3v) is 4.82. The van der Waals surface area contributed by atoms with Gasteiger partial charge in [-0.05, 0) is 18.2 Å². The zero-order chi connectivity index (χ0) is 18.5. The zero-order valence-electron chi connectivity index (χ0n) is 14.6. The molecule has 1 saturated heterocycles. The van der Waals surface area contributed by atoms with Crippen LogP contribution in [0.5, 0.6) is 11.5 Å². The number of hydrogen-bond donors (Lipinski definition) is 1. The van der Waals surface area contributed by atoms with E-state index in [2.05, 4.69) is 10.3 Å². The van der Waals surface area contributed by atoms with Crippen molar-refractivity contribution in [3.63, 3.8) is 0 Å². The molecule has 26 heavy (non-hydrogen) atoms. The Morgan fingerprint density at radius 2 is 1.77 bits per heavy atom. The van der Waals surface area contributed by atoms with Gasteiger partial charge in [-0.2, -0.15) is 0 Å². The normalized spacial score (nSPS) is 14.1. The van der Waals surface area contributed by atoms with Crippen LogP contribution < -0.4 is 14.8 Å². The lowest BCUT2D eigenvalue weighted by Crippen LogP contribution is -2.51. The van der Waals surface area contributed by atoms with Crippen LogP contribution in [-0.4, -0.2) is 67.1 Å². The molecule has 0 aliphatic carbocycles. The first-order valence-electron chi connectivity index (χ1n) is 8.09. The smallest absolute Gasteiger partial charge is 0.323 e. The number of methoxy groups -OCH3 is 2. The van der Waals surface area contributed by atoms with Crippen LogP contribution in [0.1, 0.15) is 10.4 Å². The van der Waals surface area contributed by atoms with Gasteiger partial charge in [0.2, 0.25) is 0 Å². The zero-order valence-corrected chi connectivity index (χ0v) is 15.4. The maximum absolute atomic E-state index is 12.7. The van der Waals surface area contributed by atoms with Crippen molar-refractivity contribution >= 4 is 28.4 Å². The molecule has 2 heterocycles. The van der Waals surface area contributed by atoms with Crippen molar-refractivity contribution in [3.8, 4) is 11.5 Å². The van der Waals surface area contributed by atoms with Crippen LogP contribution in [0.15, 0.2) is 29.8 Å². The molecule has 2 aromatic rings. The van der Waals surface area contributed by atoms with Gasteiger partial charge in [-0.3, -0.25) is 10.1 Å². The van der Waals surface area contributed by atoms with Crippen LogP contribution in [0, 0.1) is 0 Å². The Morgan fingerprint density at radius 1 is 1.08 bits per heavy atom. The molecule has 1 aromatic carbocycles. The fourth-order valence-electron chi connectivity index (χ4n) is 2.72. The molecule has 9 heteroatoms. The molecule has 1 aliphatic heterocycles. The summed E-state index contributed by atoms with van der Waals surface area (Å²) in [7, 11) is 3.08. The van der Waals surface area contributed by atoms with Crippen LogP contribution >= 0.6 is 11.3 Å². The minimum Gasteiger partial charge on any atom is -0.493 e. The quantitative estimate of drug-likeness (QED) is 0.884. The van der Waals surface area contributed by atoms with E-state index in [9.17, 15) is 9.59 Å². The summed E-state index contributed by atoms with van der Waals surface area (Å²) in [6.45, 7) is 1.88. The maximum Gasteiger partial charge on any atom is 0.323 e. The predicted octanol–water partition coefficient (Wildman–Crippen LogP) is 2.15. The second-order valence-corrected chi connectivity index (χ2v) is 6.51. The van der Waals surface area contributed by atoms with E-state index >= 15 is 0 Å². The molecule has 0 saturated carbocycles. The van der Waals surface area contributed by atoms with Gasteiger partial charge in [-0.25, -0.2) is 9.78 Å². The minimum absolute atomic E-state index is 0.0917. The topological polar surface area (TPSA) is 84.0 Å². The van der Waals surface area contributed by atoms with Crippen molar-refractivity contribution in [1.82, 2.24) is 14.8 Å². The van der Waals surface area contributed by atoms with Crippen molar-refractivity contribution in [1.29, 1.82) is 0 Å². The number of benzene rings is 1. The first-order chi connectivity index (χ1) is 12.6. The van der Waals surface area contributed by atoms with E-state index in [0.29, 0.717) is 48.4 Å². The van der Waals surface area contributed by atoms with Gasteiger partial charge < -0.3 is 19.3 Å². The Morgan fingerprint density at radius 3 is 2.38 bits per heavy atom. The van der Waals surface area contributed by atoms with Gasteiger partial charge in [-0.15, -0.1) is 11.3 Å². The first-order valence-corrected chi connectivity index (χ1v) is 8.97. The predicted molar refractivity (Wildman–Crippen MR) is 98.2 cm³/mol. The molecule has 1 aromatic heterocycles. The highest BCUT2D eigenvalue weighted by molar-refractivity contribution is 7.13. The molecular weight excluding hydrogens is 356 g/mol. The summed E-state index contributed by atoms with van der Waals surface area (Å²) in [6.07, 6.45) is 1.64. The van der Waals surface area contributed by atoms with Crippen molar-refractivity contribution in [3.05, 3.63) is 35.3 Å². The van der Waals surface area contributed by atoms with Gasteiger partial charge in [0.25, 0.3) is 5.91 Å². The van der Waals surface area contributed by atoms with E-state index < -0.39 is 0 Å². The van der Waals surface area contributed by atoms with Gasteiger partial charge in [0, 0.05) is 43.3 Å². The highest BCUT2D eigenvalue weighted by Gasteiger charge is 2.25. The molecule has 0 atom stereocenters. The summed E-state index contributed by atoms with van der Waals surface area (Å²) in [6, 6.07) is 4.90. The molecule has 8 nitrogen and oxygen atoms in total. The average molecular weight is 376 g/mol.